The Hall–Kier alpha value is -5.96. The molecule has 1 aliphatic carbocycles. The lowest BCUT2D eigenvalue weighted by Crippen LogP contribution is -2.28. The molecule has 1 heterocycles. The number of thiophene rings is 1. The molecule has 0 aliphatic heterocycles. The molecule has 1 aromatic heterocycles. The van der Waals surface area contributed by atoms with Crippen LogP contribution < -0.4 is 4.90 Å². The lowest BCUT2D eigenvalue weighted by molar-refractivity contribution is 0.779. The van der Waals surface area contributed by atoms with Crippen molar-refractivity contribution in [2.45, 2.75) is 5.41 Å². The number of para-hydroxylation sites is 2. The van der Waals surface area contributed by atoms with E-state index in [9.17, 15) is 4.11 Å². The topological polar surface area (TPSA) is 3.24 Å². The van der Waals surface area contributed by atoms with Crippen LogP contribution in [0.1, 0.15) is 31.8 Å². The number of rotatable bonds is 5. The normalized spacial score (nSPS) is 17.0. The first-order chi connectivity index (χ1) is 27.2. The molecule has 8 aromatic carbocycles. The van der Waals surface area contributed by atoms with Gasteiger partial charge in [-0.15, -0.1) is 11.3 Å². The molecule has 0 spiro atoms. The SMILES string of the molecule is [2H]c1c([2H])c([2H])c2c([2H])c(C3(c4cccc5c4sc4ccccc45)c4ccccc4-c4cc(N(c5ccccc5)c5ccccc5)ccc43)c([2H])c([2H])c2c1[2H]. The summed E-state index contributed by atoms with van der Waals surface area (Å²) in [6.45, 7) is 0. The van der Waals surface area contributed by atoms with Crippen LogP contribution in [0.3, 0.4) is 0 Å². The first kappa shape index (κ1) is 21.8. The first-order valence-electron chi connectivity index (χ1n) is 19.8. The fraction of sp³-hybridized carbons (Fsp3) is 0.0213. The molecule has 0 radical (unpaired) electrons. The number of benzene rings is 8. The monoisotopic (exact) mass is 648 g/mol. The minimum atomic E-state index is -1.32. The molecule has 1 unspecified atom stereocenters. The highest BCUT2D eigenvalue weighted by Gasteiger charge is 2.47. The van der Waals surface area contributed by atoms with Crippen molar-refractivity contribution < 1.29 is 9.60 Å². The molecule has 0 saturated heterocycles. The lowest BCUT2D eigenvalue weighted by atomic mass is 9.67. The van der Waals surface area contributed by atoms with Crippen molar-refractivity contribution in [2.75, 3.05) is 4.90 Å². The van der Waals surface area contributed by atoms with E-state index >= 15 is 0 Å². The Bertz CT molecular complexity index is 3030. The molecule has 1 aliphatic rings. The van der Waals surface area contributed by atoms with Gasteiger partial charge in [0.15, 0.2) is 0 Å². The second-order valence-corrected chi connectivity index (χ2v) is 13.4. The average Bonchev–Trinajstić information content (AvgIpc) is 3.75. The van der Waals surface area contributed by atoms with E-state index in [-0.39, 0.29) is 40.5 Å². The highest BCUT2D eigenvalue weighted by molar-refractivity contribution is 7.26. The van der Waals surface area contributed by atoms with E-state index in [1.54, 1.807) is 11.3 Å². The Balaban J connectivity index is 1.38. The van der Waals surface area contributed by atoms with Crippen molar-refractivity contribution >= 4 is 59.3 Å². The minimum absolute atomic E-state index is 0.0585. The van der Waals surface area contributed by atoms with Gasteiger partial charge in [-0.3, -0.25) is 0 Å². The molecule has 0 amide bonds. The summed E-state index contributed by atoms with van der Waals surface area (Å²) in [4.78, 5) is 2.20. The Morgan fingerprint density at radius 2 is 1.14 bits per heavy atom. The van der Waals surface area contributed by atoms with Gasteiger partial charge in [-0.2, -0.15) is 0 Å². The fourth-order valence-electron chi connectivity index (χ4n) is 7.72. The Labute approximate surface area is 299 Å². The van der Waals surface area contributed by atoms with E-state index in [0.717, 1.165) is 65.1 Å². The second-order valence-electron chi connectivity index (χ2n) is 12.3. The summed E-state index contributed by atoms with van der Waals surface area (Å²) in [5.41, 5.74) is 6.12. The summed E-state index contributed by atoms with van der Waals surface area (Å²) in [5.74, 6) is 0. The van der Waals surface area contributed by atoms with Crippen LogP contribution in [0.5, 0.6) is 0 Å². The van der Waals surface area contributed by atoms with Crippen LogP contribution in [0.4, 0.5) is 17.1 Å². The number of anilines is 3. The molecule has 0 saturated carbocycles. The van der Waals surface area contributed by atoms with Crippen LogP contribution in [-0.4, -0.2) is 0 Å². The summed E-state index contributed by atoms with van der Waals surface area (Å²) in [6.07, 6.45) is 0. The van der Waals surface area contributed by atoms with Gasteiger partial charge in [-0.25, -0.2) is 0 Å². The van der Waals surface area contributed by atoms with Crippen molar-refractivity contribution in [3.05, 3.63) is 210 Å². The molecule has 230 valence electrons. The quantitative estimate of drug-likeness (QED) is 0.179. The van der Waals surface area contributed by atoms with Crippen molar-refractivity contribution in [1.82, 2.24) is 0 Å². The van der Waals surface area contributed by atoms with Gasteiger partial charge in [-0.1, -0.05) is 139 Å². The van der Waals surface area contributed by atoms with Crippen molar-refractivity contribution in [3.8, 4) is 11.1 Å². The van der Waals surface area contributed by atoms with Crippen molar-refractivity contribution in [1.29, 1.82) is 0 Å². The van der Waals surface area contributed by atoms with Gasteiger partial charge >= 0.3 is 0 Å². The number of hydrogen-bond donors (Lipinski definition) is 0. The van der Waals surface area contributed by atoms with Gasteiger partial charge in [0.25, 0.3) is 0 Å². The highest BCUT2D eigenvalue weighted by Crippen LogP contribution is 2.59. The van der Waals surface area contributed by atoms with Gasteiger partial charge in [0.05, 0.1) is 15.0 Å². The molecule has 0 bridgehead atoms. The first-order valence-corrected chi connectivity index (χ1v) is 17.1. The van der Waals surface area contributed by atoms with Gasteiger partial charge < -0.3 is 4.90 Å². The molecular weight excluding hydrogens is 611 g/mol. The molecule has 1 atom stereocenters. The fourth-order valence-corrected chi connectivity index (χ4v) is 8.99. The van der Waals surface area contributed by atoms with Crippen molar-refractivity contribution in [2.24, 2.45) is 0 Å². The number of hydrogen-bond acceptors (Lipinski definition) is 2. The molecule has 0 N–H and O–H groups in total. The zero-order chi connectivity index (χ0) is 38.5. The maximum atomic E-state index is 10.00. The predicted octanol–water partition coefficient (Wildman–Crippen LogP) is 13.0. The van der Waals surface area contributed by atoms with Gasteiger partial charge in [0.1, 0.15) is 0 Å². The third-order valence-corrected chi connectivity index (χ3v) is 11.0. The molecule has 49 heavy (non-hydrogen) atoms. The van der Waals surface area contributed by atoms with Gasteiger partial charge in [0.2, 0.25) is 0 Å². The van der Waals surface area contributed by atoms with E-state index in [1.807, 2.05) is 72.8 Å². The lowest BCUT2D eigenvalue weighted by Gasteiger charge is -2.35. The summed E-state index contributed by atoms with van der Waals surface area (Å²) >= 11 is 1.65. The van der Waals surface area contributed by atoms with Crippen LogP contribution in [0, 0.1) is 0 Å². The van der Waals surface area contributed by atoms with Gasteiger partial charge in [-0.05, 0) is 92.7 Å². The zero-order valence-electron chi connectivity index (χ0n) is 33.2. The standard InChI is InChI=1S/C47H31NS/c1-3-16-35(17-4-1)48(36-18-5-2-6-19-36)37-28-29-43-41(31-37)38-20-9-11-23-42(38)47(43,34-27-26-32-14-7-8-15-33(32)30-34)44-24-13-22-40-39-21-10-12-25-45(39)49-46(40)44/h1-31H/i7D,8D,14D,15D,26D,27D,30D. The van der Waals surface area contributed by atoms with Crippen LogP contribution in [0.15, 0.2) is 188 Å². The third-order valence-electron chi connectivity index (χ3n) is 9.75. The largest absolute Gasteiger partial charge is 0.310 e. The van der Waals surface area contributed by atoms with E-state index in [2.05, 4.69) is 77.7 Å². The van der Waals surface area contributed by atoms with Crippen LogP contribution in [0.2, 0.25) is 0 Å². The van der Waals surface area contributed by atoms with Crippen LogP contribution in [-0.2, 0) is 5.41 Å². The van der Waals surface area contributed by atoms with Gasteiger partial charge in [0, 0.05) is 37.2 Å². The summed E-state index contributed by atoms with van der Waals surface area (Å²) < 4.78 is 66.2. The highest BCUT2D eigenvalue weighted by atomic mass is 32.1. The number of nitrogens with zero attached hydrogens (tertiary/aromatic N) is 1. The second kappa shape index (κ2) is 11.1. The minimum Gasteiger partial charge on any atom is -0.310 e. The van der Waals surface area contributed by atoms with Crippen molar-refractivity contribution in [3.63, 3.8) is 0 Å². The maximum absolute atomic E-state index is 10.00. The Kier molecular flexibility index (Phi) is 4.92. The van der Waals surface area contributed by atoms with E-state index < -0.39 is 23.5 Å². The summed E-state index contributed by atoms with van der Waals surface area (Å²) in [5, 5.41) is 1.96. The van der Waals surface area contributed by atoms with E-state index in [1.165, 1.54) is 0 Å². The van der Waals surface area contributed by atoms with Crippen LogP contribution >= 0.6 is 11.3 Å². The molecule has 9 aromatic rings. The Morgan fingerprint density at radius 1 is 0.490 bits per heavy atom. The molecule has 10 rings (SSSR count). The Morgan fingerprint density at radius 3 is 1.96 bits per heavy atom. The van der Waals surface area contributed by atoms with E-state index in [4.69, 9.17) is 5.48 Å². The molecule has 1 nitrogen and oxygen atoms in total. The summed E-state index contributed by atoms with van der Waals surface area (Å²) in [7, 11) is 0. The molecule has 2 heteroatoms. The van der Waals surface area contributed by atoms with Crippen LogP contribution in [0.25, 0.3) is 42.1 Å². The van der Waals surface area contributed by atoms with E-state index in [0.29, 0.717) is 0 Å². The maximum Gasteiger partial charge on any atom is 0.0727 e. The molecule has 0 fully saturated rings. The summed E-state index contributed by atoms with van der Waals surface area (Å²) in [6, 6.07) is 46.7. The molecular formula is C47H31NS. The average molecular weight is 649 g/mol. The predicted molar refractivity (Wildman–Crippen MR) is 209 cm³/mol. The number of fused-ring (bicyclic) bond motifs is 7. The smallest absolute Gasteiger partial charge is 0.0727 e. The zero-order valence-corrected chi connectivity index (χ0v) is 27.0. The third kappa shape index (κ3) is 4.18.